The van der Waals surface area contributed by atoms with Crippen LogP contribution in [0.1, 0.15) is 20.8 Å². The molecular formula is C11H21NOS. The number of rotatable bonds is 1. The van der Waals surface area contributed by atoms with Gasteiger partial charge in [-0.1, -0.05) is 20.8 Å². The number of thioether (sulfide) groups is 1. The van der Waals surface area contributed by atoms with E-state index >= 15 is 0 Å². The molecule has 2 saturated heterocycles. The van der Waals surface area contributed by atoms with Gasteiger partial charge in [-0.05, 0) is 5.41 Å². The van der Waals surface area contributed by atoms with Crippen molar-refractivity contribution in [3.63, 3.8) is 0 Å². The first-order chi connectivity index (χ1) is 6.56. The van der Waals surface area contributed by atoms with Crippen LogP contribution in [-0.4, -0.2) is 48.2 Å². The number of hydrogen-bond acceptors (Lipinski definition) is 3. The van der Waals surface area contributed by atoms with Crippen molar-refractivity contribution in [2.24, 2.45) is 5.41 Å². The Morgan fingerprint density at radius 1 is 1.21 bits per heavy atom. The average molecular weight is 215 g/mol. The van der Waals surface area contributed by atoms with Gasteiger partial charge in [-0.2, -0.15) is 11.8 Å². The van der Waals surface area contributed by atoms with E-state index in [1.807, 2.05) is 0 Å². The van der Waals surface area contributed by atoms with Crippen molar-refractivity contribution in [3.05, 3.63) is 0 Å². The molecule has 14 heavy (non-hydrogen) atoms. The quantitative estimate of drug-likeness (QED) is 0.662. The predicted molar refractivity (Wildman–Crippen MR) is 61.9 cm³/mol. The summed E-state index contributed by atoms with van der Waals surface area (Å²) in [7, 11) is 0. The van der Waals surface area contributed by atoms with Crippen LogP contribution in [0, 0.1) is 5.41 Å². The highest BCUT2D eigenvalue weighted by Gasteiger charge is 2.36. The molecule has 0 amide bonds. The summed E-state index contributed by atoms with van der Waals surface area (Å²) in [6.45, 7) is 10.1. The van der Waals surface area contributed by atoms with Gasteiger partial charge in [0.25, 0.3) is 0 Å². The van der Waals surface area contributed by atoms with E-state index in [0.717, 1.165) is 13.2 Å². The lowest BCUT2D eigenvalue weighted by molar-refractivity contribution is -0.0495. The predicted octanol–water partition coefficient (Wildman–Crippen LogP) is 1.85. The highest BCUT2D eigenvalue weighted by molar-refractivity contribution is 7.99. The van der Waals surface area contributed by atoms with E-state index < -0.39 is 0 Å². The minimum absolute atomic E-state index is 0.413. The van der Waals surface area contributed by atoms with Crippen LogP contribution in [0.3, 0.4) is 0 Å². The Balaban J connectivity index is 2.01. The molecule has 2 heterocycles. The molecule has 2 nitrogen and oxygen atoms in total. The van der Waals surface area contributed by atoms with Crippen molar-refractivity contribution in [2.45, 2.75) is 32.9 Å². The number of fused-ring (bicyclic) bond motifs is 2. The first-order valence-corrected chi connectivity index (χ1v) is 6.63. The Kier molecular flexibility index (Phi) is 3.10. The lowest BCUT2D eigenvalue weighted by Crippen LogP contribution is -2.59. The van der Waals surface area contributed by atoms with Crippen molar-refractivity contribution < 1.29 is 4.74 Å². The number of nitrogens with zero attached hydrogens (tertiary/aromatic N) is 1. The van der Waals surface area contributed by atoms with Crippen LogP contribution in [0.5, 0.6) is 0 Å². The number of morpholine rings is 1. The lowest BCUT2D eigenvalue weighted by Gasteiger charge is -2.47. The molecular weight excluding hydrogens is 194 g/mol. The third-order valence-corrected chi connectivity index (χ3v) is 4.08. The van der Waals surface area contributed by atoms with Crippen molar-refractivity contribution in [3.8, 4) is 0 Å². The molecule has 2 bridgehead atoms. The molecule has 3 heteroatoms. The van der Waals surface area contributed by atoms with Crippen LogP contribution in [-0.2, 0) is 4.74 Å². The topological polar surface area (TPSA) is 12.5 Å². The van der Waals surface area contributed by atoms with Gasteiger partial charge in [0.2, 0.25) is 0 Å². The molecule has 0 spiro atoms. The summed E-state index contributed by atoms with van der Waals surface area (Å²) in [5.41, 5.74) is 0.413. The third-order valence-electron chi connectivity index (χ3n) is 2.84. The molecule has 0 saturated carbocycles. The van der Waals surface area contributed by atoms with E-state index in [1.165, 1.54) is 18.1 Å². The fraction of sp³-hybridized carbons (Fsp3) is 1.00. The van der Waals surface area contributed by atoms with Crippen LogP contribution >= 0.6 is 11.8 Å². The van der Waals surface area contributed by atoms with Gasteiger partial charge in [0.1, 0.15) is 0 Å². The molecule has 0 aromatic rings. The smallest absolute Gasteiger partial charge is 0.0630 e. The Labute approximate surface area is 91.4 Å². The molecule has 82 valence electrons. The maximum atomic E-state index is 5.63. The summed E-state index contributed by atoms with van der Waals surface area (Å²) in [5.74, 6) is 2.51. The van der Waals surface area contributed by atoms with Gasteiger partial charge in [-0.25, -0.2) is 0 Å². The van der Waals surface area contributed by atoms with Gasteiger partial charge in [0.15, 0.2) is 0 Å². The lowest BCUT2D eigenvalue weighted by atomic mass is 9.94. The van der Waals surface area contributed by atoms with Crippen LogP contribution in [0.15, 0.2) is 0 Å². The summed E-state index contributed by atoms with van der Waals surface area (Å²) in [6.07, 6.45) is 0. The zero-order valence-corrected chi connectivity index (χ0v) is 10.3. The van der Waals surface area contributed by atoms with Crippen LogP contribution < -0.4 is 0 Å². The second kappa shape index (κ2) is 4.03. The van der Waals surface area contributed by atoms with E-state index in [2.05, 4.69) is 37.4 Å². The molecule has 0 N–H and O–H groups in total. The minimum atomic E-state index is 0.413. The second-order valence-electron chi connectivity index (χ2n) is 5.62. The molecule has 2 fully saturated rings. The maximum Gasteiger partial charge on any atom is 0.0630 e. The summed E-state index contributed by atoms with van der Waals surface area (Å²) < 4.78 is 5.63. The average Bonchev–Trinajstić information content (AvgIpc) is 1.99. The highest BCUT2D eigenvalue weighted by atomic mass is 32.2. The number of hydrogen-bond donors (Lipinski definition) is 0. The zero-order chi connectivity index (χ0) is 10.2. The van der Waals surface area contributed by atoms with Crippen molar-refractivity contribution in [1.82, 2.24) is 4.90 Å². The maximum absolute atomic E-state index is 5.63. The zero-order valence-electron chi connectivity index (χ0n) is 9.45. The molecule has 0 aliphatic carbocycles. The van der Waals surface area contributed by atoms with Gasteiger partial charge in [0.05, 0.1) is 13.2 Å². The summed E-state index contributed by atoms with van der Waals surface area (Å²) in [5, 5.41) is 0. The van der Waals surface area contributed by atoms with Gasteiger partial charge in [0, 0.05) is 30.1 Å². The van der Waals surface area contributed by atoms with E-state index in [0.29, 0.717) is 17.5 Å². The monoisotopic (exact) mass is 215 g/mol. The summed E-state index contributed by atoms with van der Waals surface area (Å²) in [6, 6.07) is 1.35. The minimum Gasteiger partial charge on any atom is -0.378 e. The van der Waals surface area contributed by atoms with E-state index in [-0.39, 0.29) is 0 Å². The third kappa shape index (κ3) is 2.44. The molecule has 2 aliphatic rings. The molecule has 2 aliphatic heterocycles. The van der Waals surface area contributed by atoms with Crippen LogP contribution in [0.2, 0.25) is 0 Å². The molecule has 0 unspecified atom stereocenters. The van der Waals surface area contributed by atoms with Gasteiger partial charge in [-0.3, -0.25) is 4.90 Å². The fourth-order valence-corrected chi connectivity index (χ4v) is 3.52. The van der Waals surface area contributed by atoms with E-state index in [1.54, 1.807) is 0 Å². The van der Waals surface area contributed by atoms with E-state index in [4.69, 9.17) is 4.74 Å². The van der Waals surface area contributed by atoms with E-state index in [9.17, 15) is 0 Å². The Hall–Kier alpha value is 0.270. The summed E-state index contributed by atoms with van der Waals surface area (Å²) in [4.78, 5) is 2.68. The SMILES string of the molecule is CC(C)(C)CN1[C@@H]2COC[C@H]1CSC2. The second-order valence-corrected chi connectivity index (χ2v) is 6.69. The highest BCUT2D eigenvalue weighted by Crippen LogP contribution is 2.29. The van der Waals surface area contributed by atoms with Crippen LogP contribution in [0.25, 0.3) is 0 Å². The molecule has 0 aromatic heterocycles. The van der Waals surface area contributed by atoms with Gasteiger partial charge >= 0.3 is 0 Å². The molecule has 2 rings (SSSR count). The fourth-order valence-electron chi connectivity index (χ4n) is 2.26. The molecule has 0 aromatic carbocycles. The Bertz CT molecular complexity index is 180. The first-order valence-electron chi connectivity index (χ1n) is 5.47. The van der Waals surface area contributed by atoms with Crippen LogP contribution in [0.4, 0.5) is 0 Å². The number of ether oxygens (including phenoxy) is 1. The summed E-state index contributed by atoms with van der Waals surface area (Å²) >= 11 is 2.10. The normalized spacial score (nSPS) is 34.5. The van der Waals surface area contributed by atoms with Crippen molar-refractivity contribution >= 4 is 11.8 Å². The largest absolute Gasteiger partial charge is 0.378 e. The molecule has 2 atom stereocenters. The molecule has 0 radical (unpaired) electrons. The Morgan fingerprint density at radius 2 is 1.79 bits per heavy atom. The van der Waals surface area contributed by atoms with Gasteiger partial charge < -0.3 is 4.74 Å². The Morgan fingerprint density at radius 3 is 2.29 bits per heavy atom. The first kappa shape index (κ1) is 10.8. The standard InChI is InChI=1S/C11H21NOS/c1-11(2,3)8-12-9-4-13-5-10(12)7-14-6-9/h9-10H,4-8H2,1-3H3/t9-,10+. The van der Waals surface area contributed by atoms with Gasteiger partial charge in [-0.15, -0.1) is 0 Å². The van der Waals surface area contributed by atoms with Crippen molar-refractivity contribution in [2.75, 3.05) is 31.3 Å². The van der Waals surface area contributed by atoms with Crippen molar-refractivity contribution in [1.29, 1.82) is 0 Å².